The fourth-order valence-corrected chi connectivity index (χ4v) is 4.47. The topological polar surface area (TPSA) is 104 Å². The summed E-state index contributed by atoms with van der Waals surface area (Å²) < 4.78 is 5.36. The average molecular weight is 435 g/mol. The number of anilines is 1. The Morgan fingerprint density at radius 1 is 1.06 bits per heavy atom. The number of likely N-dealkylation sites (tertiary alicyclic amines) is 2. The number of amides is 2. The lowest BCUT2D eigenvalue weighted by molar-refractivity contribution is -0.135. The molecule has 2 saturated heterocycles. The molecule has 5 rings (SSSR count). The van der Waals surface area contributed by atoms with Crippen LogP contribution in [-0.4, -0.2) is 69.5 Å². The number of rotatable bonds is 5. The summed E-state index contributed by atoms with van der Waals surface area (Å²) in [6, 6.07) is 7.51. The first-order valence-corrected chi connectivity index (χ1v) is 11.1. The van der Waals surface area contributed by atoms with E-state index in [9.17, 15) is 9.59 Å². The number of nitrogens with zero attached hydrogens (tertiary/aromatic N) is 5. The van der Waals surface area contributed by atoms with E-state index < -0.39 is 0 Å². The number of fused-ring (bicyclic) bond motifs is 1. The third kappa shape index (κ3) is 4.47. The van der Waals surface area contributed by atoms with E-state index in [2.05, 4.69) is 25.4 Å². The van der Waals surface area contributed by atoms with Crippen molar-refractivity contribution < 1.29 is 14.0 Å². The van der Waals surface area contributed by atoms with Crippen molar-refractivity contribution in [1.29, 1.82) is 0 Å². The molecule has 32 heavy (non-hydrogen) atoms. The summed E-state index contributed by atoms with van der Waals surface area (Å²) in [7, 11) is 0. The van der Waals surface area contributed by atoms with Crippen LogP contribution in [0.25, 0.3) is 22.2 Å². The van der Waals surface area contributed by atoms with Gasteiger partial charge in [0.15, 0.2) is 18.0 Å². The van der Waals surface area contributed by atoms with Gasteiger partial charge >= 0.3 is 0 Å². The zero-order valence-corrected chi connectivity index (χ0v) is 17.9. The number of aromatic nitrogens is 3. The van der Waals surface area contributed by atoms with Gasteiger partial charge in [0.25, 0.3) is 0 Å². The van der Waals surface area contributed by atoms with Crippen LogP contribution >= 0.6 is 0 Å². The van der Waals surface area contributed by atoms with Crippen LogP contribution in [0.3, 0.4) is 0 Å². The molecule has 0 spiro atoms. The number of hydrogen-bond donors (Lipinski definition) is 1. The van der Waals surface area contributed by atoms with Crippen molar-refractivity contribution in [3.05, 3.63) is 36.9 Å². The highest BCUT2D eigenvalue weighted by atomic mass is 16.3. The van der Waals surface area contributed by atoms with Gasteiger partial charge in [0.2, 0.25) is 11.8 Å². The molecule has 1 N–H and O–H groups in total. The first-order chi connectivity index (χ1) is 15.7. The van der Waals surface area contributed by atoms with Gasteiger partial charge in [-0.1, -0.05) is 0 Å². The van der Waals surface area contributed by atoms with Gasteiger partial charge in [0.05, 0.1) is 18.3 Å². The van der Waals surface area contributed by atoms with E-state index >= 15 is 0 Å². The first-order valence-electron chi connectivity index (χ1n) is 11.1. The van der Waals surface area contributed by atoms with E-state index in [1.54, 1.807) is 6.20 Å². The Morgan fingerprint density at radius 2 is 1.88 bits per heavy atom. The fourth-order valence-electron chi connectivity index (χ4n) is 4.47. The van der Waals surface area contributed by atoms with Crippen LogP contribution < -0.4 is 5.32 Å². The molecule has 0 aliphatic carbocycles. The summed E-state index contributed by atoms with van der Waals surface area (Å²) in [5, 5.41) is 12.1. The van der Waals surface area contributed by atoms with Crippen LogP contribution in [0.1, 0.15) is 25.7 Å². The molecule has 2 fully saturated rings. The third-order valence-electron chi connectivity index (χ3n) is 6.33. The minimum Gasteiger partial charge on any atom is -0.444 e. The summed E-state index contributed by atoms with van der Waals surface area (Å²) >= 11 is 0. The van der Waals surface area contributed by atoms with Crippen LogP contribution in [-0.2, 0) is 9.59 Å². The van der Waals surface area contributed by atoms with Gasteiger partial charge in [0.1, 0.15) is 0 Å². The molecule has 9 nitrogen and oxygen atoms in total. The van der Waals surface area contributed by atoms with E-state index in [4.69, 9.17) is 4.42 Å². The highest BCUT2D eigenvalue weighted by molar-refractivity contribution is 5.94. The molecular formula is C23H26N6O3. The highest BCUT2D eigenvalue weighted by Gasteiger charge is 2.28. The van der Waals surface area contributed by atoms with Gasteiger partial charge in [-0.25, -0.2) is 4.98 Å². The monoisotopic (exact) mass is 434 g/mol. The number of piperidine rings is 1. The lowest BCUT2D eigenvalue weighted by atomic mass is 9.96. The van der Waals surface area contributed by atoms with Gasteiger partial charge in [-0.2, -0.15) is 0 Å². The predicted molar refractivity (Wildman–Crippen MR) is 119 cm³/mol. The molecule has 3 aromatic rings. The molecule has 166 valence electrons. The minimum atomic E-state index is -0.135. The Balaban J connectivity index is 1.19. The van der Waals surface area contributed by atoms with Crippen molar-refractivity contribution in [2.45, 2.75) is 25.7 Å². The van der Waals surface area contributed by atoms with E-state index in [0.29, 0.717) is 44.1 Å². The van der Waals surface area contributed by atoms with Crippen LogP contribution in [0.4, 0.5) is 5.82 Å². The van der Waals surface area contributed by atoms with Gasteiger partial charge in [0, 0.05) is 30.0 Å². The Kier molecular flexibility index (Phi) is 5.81. The number of carbonyl (C=O) groups is 2. The summed E-state index contributed by atoms with van der Waals surface area (Å²) in [6.07, 6.45) is 6.72. The Labute approximate surface area is 185 Å². The van der Waals surface area contributed by atoms with Crippen LogP contribution in [0.2, 0.25) is 0 Å². The Bertz CT molecular complexity index is 1100. The van der Waals surface area contributed by atoms with Crippen molar-refractivity contribution in [2.24, 2.45) is 5.92 Å². The predicted octanol–water partition coefficient (Wildman–Crippen LogP) is 2.56. The van der Waals surface area contributed by atoms with Crippen molar-refractivity contribution in [3.63, 3.8) is 0 Å². The van der Waals surface area contributed by atoms with E-state index in [1.807, 2.05) is 29.2 Å². The maximum absolute atomic E-state index is 12.8. The minimum absolute atomic E-state index is 0.0725. The summed E-state index contributed by atoms with van der Waals surface area (Å²) in [5.74, 6) is 1.05. The summed E-state index contributed by atoms with van der Waals surface area (Å²) in [4.78, 5) is 33.4. The van der Waals surface area contributed by atoms with Crippen molar-refractivity contribution >= 4 is 28.5 Å². The molecule has 0 atom stereocenters. The highest BCUT2D eigenvalue weighted by Crippen LogP contribution is 2.25. The van der Waals surface area contributed by atoms with Crippen molar-refractivity contribution in [3.8, 4) is 11.3 Å². The second-order valence-corrected chi connectivity index (χ2v) is 8.50. The van der Waals surface area contributed by atoms with E-state index in [0.717, 1.165) is 29.6 Å². The van der Waals surface area contributed by atoms with Gasteiger partial charge in [-0.05, 0) is 63.0 Å². The molecular weight excluding hydrogens is 408 g/mol. The van der Waals surface area contributed by atoms with Gasteiger partial charge in [-0.3, -0.25) is 14.5 Å². The summed E-state index contributed by atoms with van der Waals surface area (Å²) in [5.41, 5.74) is 1.61. The first kappa shape index (κ1) is 20.6. The van der Waals surface area contributed by atoms with Crippen molar-refractivity contribution in [1.82, 2.24) is 25.0 Å². The zero-order valence-electron chi connectivity index (χ0n) is 17.9. The maximum atomic E-state index is 12.8. The fraction of sp³-hybridized carbons (Fsp3) is 0.435. The van der Waals surface area contributed by atoms with Gasteiger partial charge < -0.3 is 14.6 Å². The number of hydrogen-bond acceptors (Lipinski definition) is 7. The standard InChI is InChI=1S/C23H26N6O3/c30-22(14-28-7-1-2-8-28)29-9-5-16(6-10-29)23(31)25-21-12-18-11-17(20-13-24-15-32-20)3-4-19(18)26-27-21/h3-4,11-13,15-16H,1-2,5-10,14H2,(H,25,27,31). The molecule has 9 heteroatoms. The number of oxazole rings is 1. The molecule has 1 aromatic carbocycles. The Hall–Kier alpha value is -3.33. The summed E-state index contributed by atoms with van der Waals surface area (Å²) in [6.45, 7) is 3.76. The van der Waals surface area contributed by atoms with Gasteiger partial charge in [-0.15, -0.1) is 10.2 Å². The smallest absolute Gasteiger partial charge is 0.236 e. The second-order valence-electron chi connectivity index (χ2n) is 8.50. The van der Waals surface area contributed by atoms with Crippen LogP contribution in [0.15, 0.2) is 41.3 Å². The lowest BCUT2D eigenvalue weighted by Gasteiger charge is -2.32. The molecule has 4 heterocycles. The second kappa shape index (κ2) is 9.04. The van der Waals surface area contributed by atoms with Crippen LogP contribution in [0, 0.1) is 5.92 Å². The molecule has 0 saturated carbocycles. The molecule has 0 bridgehead atoms. The quantitative estimate of drug-likeness (QED) is 0.658. The third-order valence-corrected chi connectivity index (χ3v) is 6.33. The molecule has 2 aliphatic rings. The molecule has 2 amide bonds. The number of carbonyl (C=O) groups excluding carboxylic acids is 2. The van der Waals surface area contributed by atoms with Crippen molar-refractivity contribution in [2.75, 3.05) is 38.0 Å². The Morgan fingerprint density at radius 3 is 2.62 bits per heavy atom. The van der Waals surface area contributed by atoms with E-state index in [-0.39, 0.29) is 17.7 Å². The zero-order chi connectivity index (χ0) is 21.9. The molecule has 0 radical (unpaired) electrons. The largest absolute Gasteiger partial charge is 0.444 e. The SMILES string of the molecule is O=C(Nc1cc2cc(-c3cnco3)ccc2nn1)C1CCN(C(=O)CN2CCCC2)CC1. The normalized spacial score (nSPS) is 17.7. The molecule has 2 aromatic heterocycles. The molecule has 0 unspecified atom stereocenters. The number of benzene rings is 1. The maximum Gasteiger partial charge on any atom is 0.236 e. The average Bonchev–Trinajstić information content (AvgIpc) is 3.53. The van der Waals surface area contributed by atoms with Crippen LogP contribution in [0.5, 0.6) is 0 Å². The van der Waals surface area contributed by atoms with E-state index in [1.165, 1.54) is 19.2 Å². The molecule has 2 aliphatic heterocycles. The number of nitrogens with one attached hydrogen (secondary N) is 1. The lowest BCUT2D eigenvalue weighted by Crippen LogP contribution is -2.45.